The monoisotopic (exact) mass is 276 g/mol. The summed E-state index contributed by atoms with van der Waals surface area (Å²) in [6.45, 7) is -1.03. The molecular formula is C8H5F5O3S. The van der Waals surface area contributed by atoms with Crippen LogP contribution in [0.3, 0.4) is 0 Å². The number of halogens is 5. The predicted octanol–water partition coefficient (Wildman–Crippen LogP) is 2.33. The van der Waals surface area contributed by atoms with E-state index in [1.807, 2.05) is 0 Å². The SMILES string of the molecule is O=S(=O)(OCc1ccc(F)c(F)c1)C(F)(F)F. The molecule has 0 spiro atoms. The van der Waals surface area contributed by atoms with Gasteiger partial charge in [-0.1, -0.05) is 6.07 Å². The molecule has 0 atom stereocenters. The maximum absolute atomic E-state index is 12.6. The van der Waals surface area contributed by atoms with Crippen LogP contribution in [0.1, 0.15) is 5.56 Å². The van der Waals surface area contributed by atoms with Gasteiger partial charge in [0.25, 0.3) is 0 Å². The van der Waals surface area contributed by atoms with Crippen LogP contribution in [0.4, 0.5) is 22.0 Å². The molecule has 0 aliphatic carbocycles. The van der Waals surface area contributed by atoms with Gasteiger partial charge in [-0.2, -0.15) is 21.6 Å². The maximum Gasteiger partial charge on any atom is 0.523 e. The average molecular weight is 276 g/mol. The van der Waals surface area contributed by atoms with Crippen LogP contribution in [0.15, 0.2) is 18.2 Å². The molecule has 1 aromatic carbocycles. The van der Waals surface area contributed by atoms with Crippen LogP contribution in [0.5, 0.6) is 0 Å². The van der Waals surface area contributed by atoms with E-state index in [1.165, 1.54) is 0 Å². The summed E-state index contributed by atoms with van der Waals surface area (Å²) < 4.78 is 85.1. The molecule has 0 amide bonds. The van der Waals surface area contributed by atoms with Gasteiger partial charge in [-0.15, -0.1) is 0 Å². The number of hydrogen-bond acceptors (Lipinski definition) is 3. The molecule has 0 unspecified atom stereocenters. The van der Waals surface area contributed by atoms with Crippen molar-refractivity contribution < 1.29 is 34.6 Å². The third kappa shape index (κ3) is 3.37. The van der Waals surface area contributed by atoms with Gasteiger partial charge in [-0.05, 0) is 17.7 Å². The van der Waals surface area contributed by atoms with E-state index in [4.69, 9.17) is 0 Å². The highest BCUT2D eigenvalue weighted by Crippen LogP contribution is 2.25. The summed E-state index contributed by atoms with van der Waals surface area (Å²) in [5.74, 6) is -2.51. The van der Waals surface area contributed by atoms with E-state index in [1.54, 1.807) is 0 Å². The first-order valence-electron chi connectivity index (χ1n) is 4.03. The van der Waals surface area contributed by atoms with Gasteiger partial charge in [0.1, 0.15) is 0 Å². The van der Waals surface area contributed by atoms with Crippen LogP contribution in [0.25, 0.3) is 0 Å². The lowest BCUT2D eigenvalue weighted by molar-refractivity contribution is -0.0547. The quantitative estimate of drug-likeness (QED) is 0.483. The lowest BCUT2D eigenvalue weighted by atomic mass is 10.2. The van der Waals surface area contributed by atoms with Gasteiger partial charge in [0.2, 0.25) is 0 Å². The zero-order chi connectivity index (χ0) is 13.3. The highest BCUT2D eigenvalue weighted by atomic mass is 32.2. The van der Waals surface area contributed by atoms with Gasteiger partial charge < -0.3 is 0 Å². The van der Waals surface area contributed by atoms with Gasteiger partial charge in [-0.3, -0.25) is 4.18 Å². The summed E-state index contributed by atoms with van der Waals surface area (Å²) in [6, 6.07) is 2.10. The first-order valence-corrected chi connectivity index (χ1v) is 5.44. The fourth-order valence-electron chi connectivity index (χ4n) is 0.842. The van der Waals surface area contributed by atoms with E-state index < -0.39 is 33.9 Å². The Labute approximate surface area is 92.9 Å². The second kappa shape index (κ2) is 4.57. The highest BCUT2D eigenvalue weighted by Gasteiger charge is 2.47. The third-order valence-electron chi connectivity index (χ3n) is 1.65. The number of hydrogen-bond donors (Lipinski definition) is 0. The van der Waals surface area contributed by atoms with Crippen molar-refractivity contribution in [2.45, 2.75) is 12.1 Å². The zero-order valence-corrected chi connectivity index (χ0v) is 8.78. The van der Waals surface area contributed by atoms with Crippen molar-refractivity contribution in [3.8, 4) is 0 Å². The molecule has 96 valence electrons. The van der Waals surface area contributed by atoms with Crippen LogP contribution in [0.2, 0.25) is 0 Å². The van der Waals surface area contributed by atoms with Crippen LogP contribution in [-0.2, 0) is 20.9 Å². The molecule has 0 bridgehead atoms. The Balaban J connectivity index is 2.78. The Morgan fingerprint density at radius 3 is 2.18 bits per heavy atom. The molecule has 0 aliphatic heterocycles. The highest BCUT2D eigenvalue weighted by molar-refractivity contribution is 7.87. The molecular weight excluding hydrogens is 271 g/mol. The summed E-state index contributed by atoms with van der Waals surface area (Å²) in [6.07, 6.45) is 0. The van der Waals surface area contributed by atoms with Crippen molar-refractivity contribution in [3.05, 3.63) is 35.4 Å². The fourth-order valence-corrected chi connectivity index (χ4v) is 1.27. The molecule has 0 aliphatic rings. The molecule has 0 fully saturated rings. The zero-order valence-electron chi connectivity index (χ0n) is 7.96. The molecule has 17 heavy (non-hydrogen) atoms. The smallest absolute Gasteiger partial charge is 0.258 e. The molecule has 0 saturated heterocycles. The Hall–Kier alpha value is -1.22. The van der Waals surface area contributed by atoms with E-state index in [-0.39, 0.29) is 5.56 Å². The largest absolute Gasteiger partial charge is 0.523 e. The number of rotatable bonds is 3. The molecule has 1 rings (SSSR count). The lowest BCUT2D eigenvalue weighted by Gasteiger charge is -2.08. The van der Waals surface area contributed by atoms with Crippen LogP contribution < -0.4 is 0 Å². The standard InChI is InChI=1S/C8H5F5O3S/c9-6-2-1-5(3-7(6)10)4-16-17(14,15)8(11,12)13/h1-3H,4H2. The Morgan fingerprint density at radius 1 is 1.12 bits per heavy atom. The van der Waals surface area contributed by atoms with Crippen molar-refractivity contribution in [2.24, 2.45) is 0 Å². The topological polar surface area (TPSA) is 43.4 Å². The lowest BCUT2D eigenvalue weighted by Crippen LogP contribution is -2.25. The number of alkyl halides is 3. The van der Waals surface area contributed by atoms with Crippen LogP contribution >= 0.6 is 0 Å². The maximum atomic E-state index is 12.6. The normalized spacial score (nSPS) is 12.8. The van der Waals surface area contributed by atoms with E-state index in [0.717, 1.165) is 6.07 Å². The first kappa shape index (κ1) is 13.8. The third-order valence-corrected chi connectivity index (χ3v) is 2.64. The van der Waals surface area contributed by atoms with Crippen LogP contribution in [-0.4, -0.2) is 13.9 Å². The summed E-state index contributed by atoms with van der Waals surface area (Å²) in [5, 5.41) is 0. The predicted molar refractivity (Wildman–Crippen MR) is 46.1 cm³/mol. The molecule has 0 saturated carbocycles. The van der Waals surface area contributed by atoms with Crippen molar-refractivity contribution in [1.82, 2.24) is 0 Å². The molecule has 0 N–H and O–H groups in total. The summed E-state index contributed by atoms with van der Waals surface area (Å²) >= 11 is 0. The molecule has 3 nitrogen and oxygen atoms in total. The number of benzene rings is 1. The minimum absolute atomic E-state index is 0.239. The Morgan fingerprint density at radius 2 is 1.71 bits per heavy atom. The minimum atomic E-state index is -5.74. The van der Waals surface area contributed by atoms with E-state index in [2.05, 4.69) is 4.18 Å². The van der Waals surface area contributed by atoms with Crippen molar-refractivity contribution in [3.63, 3.8) is 0 Å². The molecule has 0 aromatic heterocycles. The van der Waals surface area contributed by atoms with Crippen LogP contribution in [0, 0.1) is 11.6 Å². The summed E-state index contributed by atoms with van der Waals surface area (Å²) in [5.41, 5.74) is -5.79. The van der Waals surface area contributed by atoms with Crippen molar-refractivity contribution in [1.29, 1.82) is 0 Å². The van der Waals surface area contributed by atoms with Gasteiger partial charge >= 0.3 is 15.6 Å². The molecule has 0 heterocycles. The summed E-state index contributed by atoms with van der Waals surface area (Å²) in [7, 11) is -5.74. The van der Waals surface area contributed by atoms with E-state index in [0.29, 0.717) is 12.1 Å². The molecule has 9 heteroatoms. The second-order valence-corrected chi connectivity index (χ2v) is 4.52. The van der Waals surface area contributed by atoms with Gasteiger partial charge in [0.05, 0.1) is 6.61 Å². The van der Waals surface area contributed by atoms with Gasteiger partial charge in [0.15, 0.2) is 11.6 Å². The average Bonchev–Trinajstić information content (AvgIpc) is 2.18. The van der Waals surface area contributed by atoms with E-state index in [9.17, 15) is 30.4 Å². The summed E-state index contributed by atoms with van der Waals surface area (Å²) in [4.78, 5) is 0. The first-order chi connectivity index (χ1) is 7.63. The van der Waals surface area contributed by atoms with Crippen molar-refractivity contribution in [2.75, 3.05) is 0 Å². The van der Waals surface area contributed by atoms with Gasteiger partial charge in [-0.25, -0.2) is 8.78 Å². The molecule has 1 aromatic rings. The van der Waals surface area contributed by atoms with E-state index >= 15 is 0 Å². The Bertz CT molecular complexity index is 508. The Kier molecular flexibility index (Phi) is 3.72. The minimum Gasteiger partial charge on any atom is -0.258 e. The second-order valence-electron chi connectivity index (χ2n) is 2.91. The molecule has 0 radical (unpaired) electrons. The van der Waals surface area contributed by atoms with Crippen molar-refractivity contribution >= 4 is 10.1 Å². The van der Waals surface area contributed by atoms with Gasteiger partial charge in [0, 0.05) is 0 Å². The fraction of sp³-hybridized carbons (Fsp3) is 0.250.